The van der Waals surface area contributed by atoms with Crippen LogP contribution < -0.4 is 0 Å². The van der Waals surface area contributed by atoms with Crippen LogP contribution in [0.25, 0.3) is 11.1 Å². The molecular weight excluding hydrogens is 390 g/mol. The fourth-order valence-electron chi connectivity index (χ4n) is 4.18. The Morgan fingerprint density at radius 2 is 1.55 bits per heavy atom. The van der Waals surface area contributed by atoms with E-state index in [1.165, 1.54) is 12.0 Å². The van der Waals surface area contributed by atoms with E-state index >= 15 is 0 Å². The van der Waals surface area contributed by atoms with E-state index in [1.807, 2.05) is 18.2 Å². The van der Waals surface area contributed by atoms with Crippen molar-refractivity contribution in [3.63, 3.8) is 0 Å². The van der Waals surface area contributed by atoms with E-state index in [-0.39, 0.29) is 17.8 Å². The number of rotatable bonds is 6. The summed E-state index contributed by atoms with van der Waals surface area (Å²) in [5, 5.41) is 0. The van der Waals surface area contributed by atoms with Gasteiger partial charge >= 0.3 is 5.97 Å². The van der Waals surface area contributed by atoms with E-state index in [0.29, 0.717) is 42.0 Å². The molecule has 158 valence electrons. The second-order valence-corrected chi connectivity index (χ2v) is 8.14. The van der Waals surface area contributed by atoms with Crippen molar-refractivity contribution >= 4 is 17.8 Å². The van der Waals surface area contributed by atoms with Crippen LogP contribution in [0, 0.1) is 0 Å². The highest BCUT2D eigenvalue weighted by Gasteiger charge is 2.34. The Balaban J connectivity index is 1.57. The summed E-state index contributed by atoms with van der Waals surface area (Å²) in [5.41, 5.74) is 5.50. The lowest BCUT2D eigenvalue weighted by Crippen LogP contribution is -2.30. The number of nitrogens with zero attached hydrogens (tertiary/aromatic N) is 1. The SMILES string of the molecule is COC(=O)c1cc(CCCN2C(=O)c3ccccc3C2=O)c2cccc(C(C)C)cc1-2. The number of methoxy groups -OCH3 is 1. The number of imide groups is 1. The Kier molecular flexibility index (Phi) is 5.59. The minimum atomic E-state index is -0.363. The molecule has 0 radical (unpaired) electrons. The molecule has 0 bridgehead atoms. The van der Waals surface area contributed by atoms with Gasteiger partial charge in [-0.25, -0.2) is 4.79 Å². The summed E-state index contributed by atoms with van der Waals surface area (Å²) in [5.74, 6) is -0.516. The molecule has 0 saturated heterocycles. The van der Waals surface area contributed by atoms with Crippen LogP contribution in [0.4, 0.5) is 0 Å². The minimum Gasteiger partial charge on any atom is -0.465 e. The molecule has 4 rings (SSSR count). The topological polar surface area (TPSA) is 63.7 Å². The van der Waals surface area contributed by atoms with Crippen LogP contribution in [-0.4, -0.2) is 36.3 Å². The first kappa shape index (κ1) is 20.8. The molecule has 31 heavy (non-hydrogen) atoms. The maximum Gasteiger partial charge on any atom is 0.338 e. The summed E-state index contributed by atoms with van der Waals surface area (Å²) >= 11 is 0. The number of aryl methyl sites for hydroxylation is 1. The lowest BCUT2D eigenvalue weighted by atomic mass is 10.0. The minimum absolute atomic E-state index is 0.240. The van der Waals surface area contributed by atoms with Crippen LogP contribution in [-0.2, 0) is 11.2 Å². The molecule has 5 nitrogen and oxygen atoms in total. The highest BCUT2D eigenvalue weighted by atomic mass is 16.5. The highest BCUT2D eigenvalue weighted by Crippen LogP contribution is 2.35. The number of hydrogen-bond donors (Lipinski definition) is 0. The molecular formula is C26H25NO4. The molecule has 0 unspecified atom stereocenters. The first-order valence-corrected chi connectivity index (χ1v) is 10.5. The van der Waals surface area contributed by atoms with Gasteiger partial charge in [0.15, 0.2) is 0 Å². The third-order valence-electron chi connectivity index (χ3n) is 5.89. The fourth-order valence-corrected chi connectivity index (χ4v) is 4.18. The summed E-state index contributed by atoms with van der Waals surface area (Å²) in [6.45, 7) is 4.57. The van der Waals surface area contributed by atoms with Crippen LogP contribution >= 0.6 is 0 Å². The molecule has 2 aliphatic carbocycles. The average Bonchev–Trinajstić information content (AvgIpc) is 3.10. The van der Waals surface area contributed by atoms with Gasteiger partial charge in [-0.15, -0.1) is 0 Å². The summed E-state index contributed by atoms with van der Waals surface area (Å²) in [7, 11) is 1.38. The number of benzene rings is 1. The number of carbonyl (C=O) groups excluding carboxylic acids is 3. The van der Waals surface area contributed by atoms with E-state index < -0.39 is 0 Å². The van der Waals surface area contributed by atoms with Crippen molar-refractivity contribution in [2.75, 3.05) is 13.7 Å². The van der Waals surface area contributed by atoms with Crippen LogP contribution in [0.1, 0.15) is 68.4 Å². The molecule has 0 fully saturated rings. The van der Waals surface area contributed by atoms with Gasteiger partial charge < -0.3 is 4.74 Å². The molecule has 1 aromatic rings. The van der Waals surface area contributed by atoms with Crippen molar-refractivity contribution in [1.29, 1.82) is 0 Å². The molecule has 2 amide bonds. The molecule has 1 aromatic carbocycles. The lowest BCUT2D eigenvalue weighted by Gasteiger charge is -2.13. The predicted molar refractivity (Wildman–Crippen MR) is 119 cm³/mol. The number of hydrogen-bond acceptors (Lipinski definition) is 4. The standard InChI is InChI=1S/C26H25NO4/c1-16(2)17-8-6-12-19-18(15-23(22(19)14-17)26(30)31-3)9-7-13-27-24(28)20-10-4-5-11-21(20)25(27)29/h4-6,8,10-12,14-16H,7,9,13H2,1-3H3. The van der Waals surface area contributed by atoms with Crippen molar-refractivity contribution in [2.45, 2.75) is 32.6 Å². The molecule has 5 heteroatoms. The number of carbonyl (C=O) groups is 3. The fraction of sp³-hybridized carbons (Fsp3) is 0.269. The molecule has 3 aliphatic rings. The lowest BCUT2D eigenvalue weighted by molar-refractivity contribution is 0.0599. The van der Waals surface area contributed by atoms with Crippen LogP contribution in [0.2, 0.25) is 0 Å². The van der Waals surface area contributed by atoms with Crippen molar-refractivity contribution in [3.8, 4) is 11.1 Å². The van der Waals surface area contributed by atoms with E-state index in [4.69, 9.17) is 4.74 Å². The zero-order chi connectivity index (χ0) is 22.1. The van der Waals surface area contributed by atoms with Gasteiger partial charge in [-0.1, -0.05) is 50.2 Å². The first-order chi connectivity index (χ1) is 14.9. The Labute approximate surface area is 182 Å². The maximum atomic E-state index is 12.6. The van der Waals surface area contributed by atoms with Gasteiger partial charge in [-0.05, 0) is 59.2 Å². The van der Waals surface area contributed by atoms with Gasteiger partial charge in [0.1, 0.15) is 0 Å². The Morgan fingerprint density at radius 1 is 0.903 bits per heavy atom. The average molecular weight is 415 g/mol. The summed E-state index contributed by atoms with van der Waals surface area (Å²) in [4.78, 5) is 38.9. The summed E-state index contributed by atoms with van der Waals surface area (Å²) in [6.07, 6.45) is 1.25. The Hall–Kier alpha value is -3.47. The van der Waals surface area contributed by atoms with Gasteiger partial charge in [0.2, 0.25) is 0 Å². The smallest absolute Gasteiger partial charge is 0.338 e. The van der Waals surface area contributed by atoms with Gasteiger partial charge in [-0.2, -0.15) is 0 Å². The number of esters is 1. The van der Waals surface area contributed by atoms with Crippen molar-refractivity contribution < 1.29 is 19.1 Å². The third kappa shape index (κ3) is 3.72. The summed E-state index contributed by atoms with van der Waals surface area (Å²) < 4.78 is 5.00. The Bertz CT molecular complexity index is 1110. The van der Waals surface area contributed by atoms with Crippen molar-refractivity contribution in [3.05, 3.63) is 82.4 Å². The third-order valence-corrected chi connectivity index (χ3v) is 5.89. The number of ether oxygens (including phenoxy) is 1. The number of fused-ring (bicyclic) bond motifs is 2. The molecule has 0 atom stereocenters. The second-order valence-electron chi connectivity index (χ2n) is 8.14. The van der Waals surface area contributed by atoms with E-state index in [0.717, 1.165) is 22.3 Å². The first-order valence-electron chi connectivity index (χ1n) is 10.5. The Morgan fingerprint density at radius 3 is 2.16 bits per heavy atom. The zero-order valence-electron chi connectivity index (χ0n) is 18.0. The molecule has 1 heterocycles. The normalized spacial score (nSPS) is 13.2. The number of amides is 2. The van der Waals surface area contributed by atoms with Crippen LogP contribution in [0.15, 0.2) is 54.6 Å². The van der Waals surface area contributed by atoms with Crippen LogP contribution in [0.5, 0.6) is 0 Å². The van der Waals surface area contributed by atoms with Crippen molar-refractivity contribution in [2.24, 2.45) is 0 Å². The maximum absolute atomic E-state index is 12.6. The predicted octanol–water partition coefficient (Wildman–Crippen LogP) is 4.93. The second kappa shape index (κ2) is 8.34. The van der Waals surface area contributed by atoms with Crippen molar-refractivity contribution in [1.82, 2.24) is 4.90 Å². The van der Waals surface area contributed by atoms with Gasteiger partial charge in [0.05, 0.1) is 23.8 Å². The van der Waals surface area contributed by atoms with E-state index in [9.17, 15) is 14.4 Å². The monoisotopic (exact) mass is 415 g/mol. The van der Waals surface area contributed by atoms with E-state index in [1.54, 1.807) is 24.3 Å². The molecule has 0 spiro atoms. The van der Waals surface area contributed by atoms with Crippen LogP contribution in [0.3, 0.4) is 0 Å². The van der Waals surface area contributed by atoms with Gasteiger partial charge in [0, 0.05) is 6.54 Å². The molecule has 1 aliphatic heterocycles. The van der Waals surface area contributed by atoms with Gasteiger partial charge in [-0.3, -0.25) is 14.5 Å². The zero-order valence-corrected chi connectivity index (χ0v) is 18.0. The van der Waals surface area contributed by atoms with Gasteiger partial charge in [0.25, 0.3) is 11.8 Å². The molecule has 0 aromatic heterocycles. The quantitative estimate of drug-likeness (QED) is 0.423. The molecule has 0 N–H and O–H groups in total. The largest absolute Gasteiger partial charge is 0.465 e. The molecule has 0 saturated carbocycles. The highest BCUT2D eigenvalue weighted by molar-refractivity contribution is 6.21. The summed E-state index contributed by atoms with van der Waals surface area (Å²) in [6, 6.07) is 16.9. The van der Waals surface area contributed by atoms with E-state index in [2.05, 4.69) is 26.0 Å².